The molecule has 0 heterocycles. The molecule has 0 bridgehead atoms. The second-order valence-corrected chi connectivity index (χ2v) is 5.92. The Labute approximate surface area is 90.5 Å². The molecule has 0 saturated heterocycles. The molecule has 1 aliphatic rings. The van der Waals surface area contributed by atoms with Crippen LogP contribution in [0.25, 0.3) is 0 Å². The van der Waals surface area contributed by atoms with Gasteiger partial charge in [-0.15, -0.1) is 0 Å². The van der Waals surface area contributed by atoms with E-state index in [4.69, 9.17) is 0 Å². The first kappa shape index (κ1) is 12.1. The lowest BCUT2D eigenvalue weighted by Crippen LogP contribution is -2.11. The maximum absolute atomic E-state index is 2.41. The van der Waals surface area contributed by atoms with Crippen LogP contribution in [-0.2, 0) is 0 Å². The molecule has 1 atom stereocenters. The second kappa shape index (κ2) is 5.78. The largest absolute Gasteiger partial charge is 0.0628 e. The van der Waals surface area contributed by atoms with E-state index in [0.29, 0.717) is 0 Å². The number of hydrogen-bond acceptors (Lipinski definition) is 0. The van der Waals surface area contributed by atoms with Crippen molar-refractivity contribution >= 4 is 0 Å². The second-order valence-electron chi connectivity index (χ2n) is 5.92. The molecule has 0 radical (unpaired) electrons. The van der Waals surface area contributed by atoms with Gasteiger partial charge in [-0.05, 0) is 42.9 Å². The van der Waals surface area contributed by atoms with Crippen LogP contribution in [-0.4, -0.2) is 0 Å². The van der Waals surface area contributed by atoms with Gasteiger partial charge < -0.3 is 0 Å². The first-order chi connectivity index (χ1) is 6.61. The Bertz CT molecular complexity index is 140. The van der Waals surface area contributed by atoms with E-state index in [9.17, 15) is 0 Å². The van der Waals surface area contributed by atoms with Crippen LogP contribution in [0, 0.1) is 23.7 Å². The molecule has 0 aromatic rings. The highest BCUT2D eigenvalue weighted by atomic mass is 14.4. The van der Waals surface area contributed by atoms with Gasteiger partial charge in [0.2, 0.25) is 0 Å². The molecule has 0 heteroatoms. The highest BCUT2D eigenvalue weighted by Gasteiger charge is 2.32. The van der Waals surface area contributed by atoms with Gasteiger partial charge in [0, 0.05) is 0 Å². The van der Waals surface area contributed by atoms with E-state index in [-0.39, 0.29) is 0 Å². The standard InChI is InChI=1S/C14H28/c1-11(2)7-5-6-8-14(12(3)4)13-9-10-13/h11-14H,5-10H2,1-4H3/t14-/m1/s1. The predicted molar refractivity (Wildman–Crippen MR) is 64.4 cm³/mol. The lowest BCUT2D eigenvalue weighted by atomic mass is 9.86. The fraction of sp³-hybridized carbons (Fsp3) is 1.00. The summed E-state index contributed by atoms with van der Waals surface area (Å²) in [4.78, 5) is 0. The number of unbranched alkanes of at least 4 members (excludes halogenated alkanes) is 1. The zero-order chi connectivity index (χ0) is 10.6. The van der Waals surface area contributed by atoms with Crippen LogP contribution in [0.1, 0.15) is 66.2 Å². The van der Waals surface area contributed by atoms with Gasteiger partial charge in [0.15, 0.2) is 0 Å². The van der Waals surface area contributed by atoms with Gasteiger partial charge in [0.1, 0.15) is 0 Å². The van der Waals surface area contributed by atoms with Crippen molar-refractivity contribution in [2.45, 2.75) is 66.2 Å². The summed E-state index contributed by atoms with van der Waals surface area (Å²) in [5.74, 6) is 3.96. The monoisotopic (exact) mass is 196 g/mol. The van der Waals surface area contributed by atoms with Crippen LogP contribution in [0.2, 0.25) is 0 Å². The highest BCUT2D eigenvalue weighted by molar-refractivity contribution is 4.82. The molecule has 14 heavy (non-hydrogen) atoms. The van der Waals surface area contributed by atoms with Gasteiger partial charge in [-0.25, -0.2) is 0 Å². The minimum atomic E-state index is 0.897. The lowest BCUT2D eigenvalue weighted by Gasteiger charge is -2.20. The van der Waals surface area contributed by atoms with Crippen molar-refractivity contribution < 1.29 is 0 Å². The molecule has 0 aliphatic heterocycles. The third kappa shape index (κ3) is 4.48. The van der Waals surface area contributed by atoms with Gasteiger partial charge in [-0.1, -0.05) is 47.0 Å². The van der Waals surface area contributed by atoms with Crippen LogP contribution in [0.15, 0.2) is 0 Å². The molecule has 1 saturated carbocycles. The Kier molecular flexibility index (Phi) is 4.98. The molecular weight excluding hydrogens is 168 g/mol. The van der Waals surface area contributed by atoms with E-state index in [1.165, 1.54) is 38.5 Å². The van der Waals surface area contributed by atoms with Crippen molar-refractivity contribution in [2.75, 3.05) is 0 Å². The zero-order valence-electron chi connectivity index (χ0n) is 10.6. The molecule has 0 aromatic carbocycles. The van der Waals surface area contributed by atoms with Crippen LogP contribution < -0.4 is 0 Å². The first-order valence-electron chi connectivity index (χ1n) is 6.61. The van der Waals surface area contributed by atoms with Crippen molar-refractivity contribution in [3.63, 3.8) is 0 Å². The minimum Gasteiger partial charge on any atom is -0.0628 e. The van der Waals surface area contributed by atoms with E-state index >= 15 is 0 Å². The van der Waals surface area contributed by atoms with Gasteiger partial charge in [-0.3, -0.25) is 0 Å². The van der Waals surface area contributed by atoms with Gasteiger partial charge >= 0.3 is 0 Å². The van der Waals surface area contributed by atoms with Crippen LogP contribution in [0.3, 0.4) is 0 Å². The molecule has 0 aromatic heterocycles. The van der Waals surface area contributed by atoms with Crippen molar-refractivity contribution in [2.24, 2.45) is 23.7 Å². The fourth-order valence-corrected chi connectivity index (χ4v) is 2.57. The summed E-state index contributed by atoms with van der Waals surface area (Å²) in [6.07, 6.45) is 8.88. The Morgan fingerprint density at radius 3 is 1.93 bits per heavy atom. The van der Waals surface area contributed by atoms with Gasteiger partial charge in [-0.2, -0.15) is 0 Å². The Balaban J connectivity index is 2.08. The zero-order valence-corrected chi connectivity index (χ0v) is 10.6. The summed E-state index contributed by atoms with van der Waals surface area (Å²) in [5.41, 5.74) is 0. The molecule has 1 rings (SSSR count). The smallest absolute Gasteiger partial charge is 0.0363 e. The summed E-state index contributed by atoms with van der Waals surface area (Å²) >= 11 is 0. The maximum atomic E-state index is 2.41. The van der Waals surface area contributed by atoms with Crippen molar-refractivity contribution in [3.8, 4) is 0 Å². The molecular formula is C14H28. The summed E-state index contributed by atoms with van der Waals surface area (Å²) in [6.45, 7) is 9.48. The Morgan fingerprint density at radius 1 is 0.929 bits per heavy atom. The first-order valence-corrected chi connectivity index (χ1v) is 6.61. The third-order valence-corrected chi connectivity index (χ3v) is 3.65. The fourth-order valence-electron chi connectivity index (χ4n) is 2.57. The van der Waals surface area contributed by atoms with Crippen LogP contribution >= 0.6 is 0 Å². The predicted octanol–water partition coefficient (Wildman–Crippen LogP) is 4.89. The van der Waals surface area contributed by atoms with E-state index in [1.54, 1.807) is 0 Å². The van der Waals surface area contributed by atoms with E-state index in [0.717, 1.165) is 23.7 Å². The molecule has 0 unspecified atom stereocenters. The van der Waals surface area contributed by atoms with E-state index in [2.05, 4.69) is 27.7 Å². The summed E-state index contributed by atoms with van der Waals surface area (Å²) < 4.78 is 0. The number of rotatable bonds is 7. The Hall–Kier alpha value is 0. The maximum Gasteiger partial charge on any atom is -0.0363 e. The van der Waals surface area contributed by atoms with Crippen LogP contribution in [0.4, 0.5) is 0 Å². The molecule has 0 nitrogen and oxygen atoms in total. The summed E-state index contributed by atoms with van der Waals surface area (Å²) in [6, 6.07) is 0. The van der Waals surface area contributed by atoms with Gasteiger partial charge in [0.25, 0.3) is 0 Å². The van der Waals surface area contributed by atoms with E-state index in [1.807, 2.05) is 0 Å². The molecule has 1 aliphatic carbocycles. The Morgan fingerprint density at radius 2 is 1.50 bits per heavy atom. The molecule has 0 spiro atoms. The van der Waals surface area contributed by atoms with Crippen molar-refractivity contribution in [3.05, 3.63) is 0 Å². The van der Waals surface area contributed by atoms with Crippen molar-refractivity contribution in [1.82, 2.24) is 0 Å². The normalized spacial score (nSPS) is 19.3. The average molecular weight is 196 g/mol. The topological polar surface area (TPSA) is 0 Å². The molecule has 0 amide bonds. The van der Waals surface area contributed by atoms with Gasteiger partial charge in [0.05, 0.1) is 0 Å². The number of hydrogen-bond donors (Lipinski definition) is 0. The highest BCUT2D eigenvalue weighted by Crippen LogP contribution is 2.42. The summed E-state index contributed by atoms with van der Waals surface area (Å²) in [7, 11) is 0. The average Bonchev–Trinajstić information content (AvgIpc) is 2.86. The third-order valence-electron chi connectivity index (χ3n) is 3.65. The van der Waals surface area contributed by atoms with E-state index < -0.39 is 0 Å². The minimum absolute atomic E-state index is 0.897. The molecule has 0 N–H and O–H groups in total. The molecule has 84 valence electrons. The quantitative estimate of drug-likeness (QED) is 0.509. The lowest BCUT2D eigenvalue weighted by molar-refractivity contribution is 0.304. The SMILES string of the molecule is CC(C)CCCC[C@H](C(C)C)C1CC1. The van der Waals surface area contributed by atoms with Crippen molar-refractivity contribution in [1.29, 1.82) is 0 Å². The summed E-state index contributed by atoms with van der Waals surface area (Å²) in [5, 5.41) is 0. The van der Waals surface area contributed by atoms with Crippen LogP contribution in [0.5, 0.6) is 0 Å². The molecule has 1 fully saturated rings.